The summed E-state index contributed by atoms with van der Waals surface area (Å²) in [6.07, 6.45) is -1.89. The molecule has 2 saturated heterocycles. The maximum atomic E-state index is 12.7. The molecule has 3 rings (SSSR count). The van der Waals surface area contributed by atoms with Gasteiger partial charge in [-0.15, -0.1) is 0 Å². The molecule has 2 aliphatic heterocycles. The molecule has 0 aromatic heterocycles. The number of rotatable bonds is 1. The van der Waals surface area contributed by atoms with Gasteiger partial charge in [0.25, 0.3) is 0 Å². The van der Waals surface area contributed by atoms with E-state index in [1.807, 2.05) is 0 Å². The van der Waals surface area contributed by atoms with Gasteiger partial charge in [0.2, 0.25) is 0 Å². The van der Waals surface area contributed by atoms with Crippen LogP contribution >= 0.6 is 0 Å². The van der Waals surface area contributed by atoms with E-state index in [2.05, 4.69) is 9.80 Å². The Labute approximate surface area is 110 Å². The molecular formula is C14H17F3N2. The standard InChI is InChI=1S/C14H17F3N2/c15-14(16,17)11-3-1-4-12(9-11)19-8-7-18-6-2-5-13(18)10-19/h1,3-4,9,13H,2,5-8,10H2. The third kappa shape index (κ3) is 2.56. The Bertz CT molecular complexity index is 458. The minimum atomic E-state index is -4.26. The zero-order valence-electron chi connectivity index (χ0n) is 10.7. The summed E-state index contributed by atoms with van der Waals surface area (Å²) in [7, 11) is 0. The van der Waals surface area contributed by atoms with Crippen LogP contribution in [-0.4, -0.2) is 37.1 Å². The Morgan fingerprint density at radius 2 is 1.95 bits per heavy atom. The zero-order chi connectivity index (χ0) is 13.5. The van der Waals surface area contributed by atoms with Crippen LogP contribution in [0.2, 0.25) is 0 Å². The number of hydrogen-bond donors (Lipinski definition) is 0. The lowest BCUT2D eigenvalue weighted by Crippen LogP contribution is -2.50. The average molecular weight is 270 g/mol. The lowest BCUT2D eigenvalue weighted by molar-refractivity contribution is -0.137. The highest BCUT2D eigenvalue weighted by atomic mass is 19.4. The van der Waals surface area contributed by atoms with Crippen LogP contribution in [-0.2, 0) is 6.18 Å². The molecule has 0 aliphatic carbocycles. The highest BCUT2D eigenvalue weighted by molar-refractivity contribution is 5.50. The molecule has 0 N–H and O–H groups in total. The van der Waals surface area contributed by atoms with Gasteiger partial charge in [-0.2, -0.15) is 13.2 Å². The van der Waals surface area contributed by atoms with E-state index in [0.29, 0.717) is 11.7 Å². The van der Waals surface area contributed by atoms with Crippen LogP contribution in [0.1, 0.15) is 18.4 Å². The number of hydrogen-bond acceptors (Lipinski definition) is 2. The van der Waals surface area contributed by atoms with Crippen molar-refractivity contribution in [1.82, 2.24) is 4.90 Å². The van der Waals surface area contributed by atoms with Crippen molar-refractivity contribution in [3.05, 3.63) is 29.8 Å². The van der Waals surface area contributed by atoms with Gasteiger partial charge < -0.3 is 4.90 Å². The third-order valence-corrected chi connectivity index (χ3v) is 4.13. The smallest absolute Gasteiger partial charge is 0.369 e. The van der Waals surface area contributed by atoms with Gasteiger partial charge in [-0.1, -0.05) is 6.07 Å². The Morgan fingerprint density at radius 3 is 2.74 bits per heavy atom. The molecule has 5 heteroatoms. The van der Waals surface area contributed by atoms with Crippen LogP contribution < -0.4 is 4.90 Å². The molecule has 1 aromatic rings. The number of fused-ring (bicyclic) bond motifs is 1. The molecule has 2 heterocycles. The molecule has 0 bridgehead atoms. The van der Waals surface area contributed by atoms with Crippen molar-refractivity contribution in [2.45, 2.75) is 25.1 Å². The summed E-state index contributed by atoms with van der Waals surface area (Å²) in [4.78, 5) is 4.53. The van der Waals surface area contributed by atoms with Gasteiger partial charge >= 0.3 is 6.18 Å². The Morgan fingerprint density at radius 1 is 1.11 bits per heavy atom. The molecule has 0 amide bonds. The quantitative estimate of drug-likeness (QED) is 0.774. The summed E-state index contributed by atoms with van der Waals surface area (Å²) in [5.41, 5.74) is 0.139. The molecule has 104 valence electrons. The Hall–Kier alpha value is -1.23. The summed E-state index contributed by atoms with van der Waals surface area (Å²) in [6.45, 7) is 3.77. The van der Waals surface area contributed by atoms with E-state index in [0.717, 1.165) is 38.7 Å². The first-order valence-electron chi connectivity index (χ1n) is 6.70. The van der Waals surface area contributed by atoms with Gasteiger partial charge in [-0.05, 0) is 37.6 Å². The monoisotopic (exact) mass is 270 g/mol. The SMILES string of the molecule is FC(F)(F)c1cccc(N2CCN3CCCC3C2)c1. The third-order valence-electron chi connectivity index (χ3n) is 4.13. The first-order valence-corrected chi connectivity index (χ1v) is 6.70. The van der Waals surface area contributed by atoms with Crippen LogP contribution in [0.5, 0.6) is 0 Å². The predicted octanol–water partition coefficient (Wildman–Crippen LogP) is 2.99. The summed E-state index contributed by atoms with van der Waals surface area (Å²) in [5.74, 6) is 0. The topological polar surface area (TPSA) is 6.48 Å². The second-order valence-corrected chi connectivity index (χ2v) is 5.33. The summed E-state index contributed by atoms with van der Waals surface area (Å²) >= 11 is 0. The minimum absolute atomic E-state index is 0.517. The van der Waals surface area contributed by atoms with Gasteiger partial charge in [0, 0.05) is 31.4 Å². The first kappa shape index (κ1) is 12.8. The molecule has 2 nitrogen and oxygen atoms in total. The number of halogens is 3. The summed E-state index contributed by atoms with van der Waals surface area (Å²) in [5, 5.41) is 0. The van der Waals surface area contributed by atoms with Crippen molar-refractivity contribution in [3.63, 3.8) is 0 Å². The molecule has 0 saturated carbocycles. The normalized spacial score (nSPS) is 24.6. The predicted molar refractivity (Wildman–Crippen MR) is 68.3 cm³/mol. The van der Waals surface area contributed by atoms with E-state index < -0.39 is 11.7 Å². The van der Waals surface area contributed by atoms with E-state index in [1.54, 1.807) is 6.07 Å². The molecule has 1 atom stereocenters. The number of anilines is 1. The fourth-order valence-corrected chi connectivity index (χ4v) is 3.10. The molecule has 1 aromatic carbocycles. The number of nitrogens with zero attached hydrogens (tertiary/aromatic N) is 2. The van der Waals surface area contributed by atoms with E-state index in [1.165, 1.54) is 18.6 Å². The highest BCUT2D eigenvalue weighted by Gasteiger charge is 2.33. The van der Waals surface area contributed by atoms with Gasteiger partial charge in [-0.25, -0.2) is 0 Å². The van der Waals surface area contributed by atoms with Crippen LogP contribution in [0.25, 0.3) is 0 Å². The highest BCUT2D eigenvalue weighted by Crippen LogP contribution is 2.32. The van der Waals surface area contributed by atoms with E-state index in [9.17, 15) is 13.2 Å². The molecule has 19 heavy (non-hydrogen) atoms. The Balaban J connectivity index is 1.79. The van der Waals surface area contributed by atoms with Crippen molar-refractivity contribution in [3.8, 4) is 0 Å². The summed E-state index contributed by atoms with van der Waals surface area (Å²) in [6, 6.07) is 6.20. The lowest BCUT2D eigenvalue weighted by atomic mass is 10.1. The number of alkyl halides is 3. The molecule has 0 spiro atoms. The zero-order valence-corrected chi connectivity index (χ0v) is 10.7. The molecule has 2 fully saturated rings. The molecule has 1 unspecified atom stereocenters. The van der Waals surface area contributed by atoms with Crippen LogP contribution in [0.4, 0.5) is 18.9 Å². The molecular weight excluding hydrogens is 253 g/mol. The van der Waals surface area contributed by atoms with Crippen LogP contribution in [0, 0.1) is 0 Å². The largest absolute Gasteiger partial charge is 0.416 e. The average Bonchev–Trinajstić information content (AvgIpc) is 2.85. The second-order valence-electron chi connectivity index (χ2n) is 5.33. The van der Waals surface area contributed by atoms with Crippen molar-refractivity contribution in [2.75, 3.05) is 31.1 Å². The Kier molecular flexibility index (Phi) is 3.17. The lowest BCUT2D eigenvalue weighted by Gasteiger charge is -2.39. The van der Waals surface area contributed by atoms with E-state index >= 15 is 0 Å². The van der Waals surface area contributed by atoms with Gasteiger partial charge in [-0.3, -0.25) is 4.90 Å². The minimum Gasteiger partial charge on any atom is -0.369 e. The van der Waals surface area contributed by atoms with Crippen LogP contribution in [0.15, 0.2) is 24.3 Å². The van der Waals surface area contributed by atoms with Gasteiger partial charge in [0.1, 0.15) is 0 Å². The first-order chi connectivity index (χ1) is 9.04. The molecule has 0 radical (unpaired) electrons. The second kappa shape index (κ2) is 4.71. The van der Waals surface area contributed by atoms with Gasteiger partial charge in [0.05, 0.1) is 5.56 Å². The van der Waals surface area contributed by atoms with Crippen LogP contribution in [0.3, 0.4) is 0 Å². The van der Waals surface area contributed by atoms with E-state index in [-0.39, 0.29) is 0 Å². The van der Waals surface area contributed by atoms with Crippen molar-refractivity contribution in [2.24, 2.45) is 0 Å². The fourth-order valence-electron chi connectivity index (χ4n) is 3.10. The van der Waals surface area contributed by atoms with Crippen molar-refractivity contribution >= 4 is 5.69 Å². The number of piperazine rings is 1. The maximum Gasteiger partial charge on any atom is 0.416 e. The fraction of sp³-hybridized carbons (Fsp3) is 0.571. The number of benzene rings is 1. The summed E-state index contributed by atoms with van der Waals surface area (Å²) < 4.78 is 38.2. The van der Waals surface area contributed by atoms with Gasteiger partial charge in [0.15, 0.2) is 0 Å². The van der Waals surface area contributed by atoms with Crippen molar-refractivity contribution < 1.29 is 13.2 Å². The van der Waals surface area contributed by atoms with E-state index in [4.69, 9.17) is 0 Å². The van der Waals surface area contributed by atoms with Crippen molar-refractivity contribution in [1.29, 1.82) is 0 Å². The molecule has 2 aliphatic rings. The maximum absolute atomic E-state index is 12.7.